The van der Waals surface area contributed by atoms with Crippen molar-refractivity contribution in [1.82, 2.24) is 19.8 Å². The standard InChI is InChI=1S/C28H44N8O2/c1-5-7-22-27(30-12-6-2)33-28(25(32-22)26(29)37)31-20-8-9-23(24(19-20)38-4)36-13-10-21(11-14-36)35-17-15-34(3)16-18-35/h8-9,19,21H,5-7,10-18H2,1-4H3,(H2,29,37)(H2,30,31,33). The summed E-state index contributed by atoms with van der Waals surface area (Å²) < 4.78 is 5.80. The molecule has 2 aromatic rings. The maximum atomic E-state index is 12.3. The van der Waals surface area contributed by atoms with Crippen molar-refractivity contribution in [1.29, 1.82) is 0 Å². The van der Waals surface area contributed by atoms with Crippen LogP contribution in [0.2, 0.25) is 0 Å². The SMILES string of the molecule is CCCNc1nc(Nc2ccc(N3CCC(N4CCN(C)CC4)CC3)c(OC)c2)c(C(N)=O)nc1CCC. The summed E-state index contributed by atoms with van der Waals surface area (Å²) >= 11 is 0. The number of amides is 1. The Bertz CT molecular complexity index is 1080. The fourth-order valence-electron chi connectivity index (χ4n) is 5.34. The number of anilines is 4. The molecule has 38 heavy (non-hydrogen) atoms. The molecule has 1 amide bonds. The lowest BCUT2D eigenvalue weighted by molar-refractivity contribution is 0.0981. The normalized spacial score (nSPS) is 17.4. The number of carbonyl (C=O) groups is 1. The van der Waals surface area contributed by atoms with Gasteiger partial charge in [0.05, 0.1) is 18.5 Å². The molecule has 0 saturated carbocycles. The van der Waals surface area contributed by atoms with Gasteiger partial charge in [-0.25, -0.2) is 9.97 Å². The highest BCUT2D eigenvalue weighted by Gasteiger charge is 2.28. The van der Waals surface area contributed by atoms with Crippen molar-refractivity contribution >= 4 is 28.9 Å². The second-order valence-corrected chi connectivity index (χ2v) is 10.3. The number of hydrogen-bond acceptors (Lipinski definition) is 9. The quantitative estimate of drug-likeness (QED) is 0.407. The van der Waals surface area contributed by atoms with Crippen molar-refractivity contribution in [2.75, 3.05) is 75.5 Å². The minimum absolute atomic E-state index is 0.143. The molecule has 0 atom stereocenters. The molecule has 1 aromatic carbocycles. The van der Waals surface area contributed by atoms with Crippen LogP contribution in [-0.2, 0) is 6.42 Å². The highest BCUT2D eigenvalue weighted by Crippen LogP contribution is 2.35. The van der Waals surface area contributed by atoms with Gasteiger partial charge >= 0.3 is 0 Å². The third-order valence-electron chi connectivity index (χ3n) is 7.53. The maximum absolute atomic E-state index is 12.3. The van der Waals surface area contributed by atoms with Crippen LogP contribution in [0, 0.1) is 0 Å². The topological polar surface area (TPSA) is 112 Å². The fourth-order valence-corrected chi connectivity index (χ4v) is 5.34. The Balaban J connectivity index is 1.50. The van der Waals surface area contributed by atoms with Crippen molar-refractivity contribution < 1.29 is 9.53 Å². The predicted octanol–water partition coefficient (Wildman–Crippen LogP) is 3.32. The molecule has 0 unspecified atom stereocenters. The Morgan fingerprint density at radius 3 is 2.42 bits per heavy atom. The first-order valence-corrected chi connectivity index (χ1v) is 14.0. The number of nitrogens with one attached hydrogen (secondary N) is 2. The number of aromatic nitrogens is 2. The van der Waals surface area contributed by atoms with Gasteiger partial charge in [0.2, 0.25) is 0 Å². The lowest BCUT2D eigenvalue weighted by atomic mass is 10.0. The van der Waals surface area contributed by atoms with E-state index in [0.29, 0.717) is 24.1 Å². The van der Waals surface area contributed by atoms with Gasteiger partial charge < -0.3 is 30.9 Å². The number of aryl methyl sites for hydroxylation is 1. The zero-order chi connectivity index (χ0) is 27.1. The summed E-state index contributed by atoms with van der Waals surface area (Å²) in [7, 11) is 3.90. The number of piperidine rings is 1. The summed E-state index contributed by atoms with van der Waals surface area (Å²) in [6.45, 7) is 11.6. The summed E-state index contributed by atoms with van der Waals surface area (Å²) in [6.07, 6.45) is 4.88. The molecule has 0 bridgehead atoms. The second kappa shape index (κ2) is 13.1. The van der Waals surface area contributed by atoms with E-state index in [1.807, 2.05) is 12.1 Å². The van der Waals surface area contributed by atoms with E-state index in [-0.39, 0.29) is 5.69 Å². The van der Waals surface area contributed by atoms with Crippen LogP contribution in [0.15, 0.2) is 18.2 Å². The predicted molar refractivity (Wildman–Crippen MR) is 154 cm³/mol. The number of nitrogens with two attached hydrogens (primary N) is 1. The lowest BCUT2D eigenvalue weighted by Crippen LogP contribution is -2.52. The highest BCUT2D eigenvalue weighted by atomic mass is 16.5. The Morgan fingerprint density at radius 2 is 1.79 bits per heavy atom. The van der Waals surface area contributed by atoms with Crippen molar-refractivity contribution in [3.05, 3.63) is 29.6 Å². The average Bonchev–Trinajstić information content (AvgIpc) is 2.93. The number of piperazine rings is 1. The number of nitrogens with zero attached hydrogens (tertiary/aromatic N) is 5. The van der Waals surface area contributed by atoms with E-state index in [1.54, 1.807) is 7.11 Å². The van der Waals surface area contributed by atoms with Crippen molar-refractivity contribution in [2.45, 2.75) is 52.0 Å². The van der Waals surface area contributed by atoms with Crippen LogP contribution >= 0.6 is 0 Å². The number of methoxy groups -OCH3 is 1. The molecule has 3 heterocycles. The average molecular weight is 525 g/mol. The van der Waals surface area contributed by atoms with Gasteiger partial charge in [0, 0.05) is 63.6 Å². The molecular formula is C28H44N8O2. The maximum Gasteiger partial charge on any atom is 0.271 e. The van der Waals surface area contributed by atoms with Gasteiger partial charge in [-0.05, 0) is 44.9 Å². The molecule has 1 aromatic heterocycles. The monoisotopic (exact) mass is 524 g/mol. The zero-order valence-corrected chi connectivity index (χ0v) is 23.4. The fraction of sp³-hybridized carbons (Fsp3) is 0.607. The number of benzene rings is 1. The number of rotatable bonds is 11. The number of ether oxygens (including phenoxy) is 1. The van der Waals surface area contributed by atoms with Gasteiger partial charge in [-0.1, -0.05) is 20.3 Å². The van der Waals surface area contributed by atoms with Crippen molar-refractivity contribution in [2.24, 2.45) is 5.73 Å². The van der Waals surface area contributed by atoms with E-state index >= 15 is 0 Å². The Labute approximate surface area is 226 Å². The Hall–Kier alpha value is -3.11. The first-order chi connectivity index (χ1) is 18.4. The van der Waals surface area contributed by atoms with Crippen LogP contribution < -0.4 is 26.0 Å². The molecule has 10 nitrogen and oxygen atoms in total. The Kier molecular flexibility index (Phi) is 9.63. The number of hydrogen-bond donors (Lipinski definition) is 3. The number of carbonyl (C=O) groups excluding carboxylic acids is 1. The third-order valence-corrected chi connectivity index (χ3v) is 7.53. The van der Waals surface area contributed by atoms with E-state index in [9.17, 15) is 4.79 Å². The van der Waals surface area contributed by atoms with Crippen molar-refractivity contribution in [3.8, 4) is 5.75 Å². The third kappa shape index (κ3) is 6.66. The van der Waals surface area contributed by atoms with Gasteiger partial charge in [-0.2, -0.15) is 0 Å². The largest absolute Gasteiger partial charge is 0.495 e. The van der Waals surface area contributed by atoms with Gasteiger partial charge in [0.1, 0.15) is 11.6 Å². The van der Waals surface area contributed by atoms with E-state index in [1.165, 1.54) is 0 Å². The Morgan fingerprint density at radius 1 is 1.05 bits per heavy atom. The van der Waals surface area contributed by atoms with E-state index in [0.717, 1.165) is 94.3 Å². The molecule has 2 aliphatic rings. The second-order valence-electron chi connectivity index (χ2n) is 10.3. The summed E-state index contributed by atoms with van der Waals surface area (Å²) in [6, 6.07) is 6.68. The first kappa shape index (κ1) is 27.9. The summed E-state index contributed by atoms with van der Waals surface area (Å²) in [5.74, 6) is 1.21. The molecule has 4 rings (SSSR count). The van der Waals surface area contributed by atoms with E-state index in [2.05, 4.69) is 57.3 Å². The summed E-state index contributed by atoms with van der Waals surface area (Å²) in [5.41, 5.74) is 8.44. The molecule has 0 spiro atoms. The smallest absolute Gasteiger partial charge is 0.271 e. The van der Waals surface area contributed by atoms with Crippen molar-refractivity contribution in [3.63, 3.8) is 0 Å². The molecule has 0 radical (unpaired) electrons. The zero-order valence-electron chi connectivity index (χ0n) is 23.4. The van der Waals surface area contributed by atoms with E-state index in [4.69, 9.17) is 15.5 Å². The van der Waals surface area contributed by atoms with E-state index < -0.39 is 5.91 Å². The minimum atomic E-state index is -0.605. The van der Waals surface area contributed by atoms with Crippen LogP contribution in [0.1, 0.15) is 55.7 Å². The van der Waals surface area contributed by atoms with Crippen LogP contribution in [0.3, 0.4) is 0 Å². The molecule has 208 valence electrons. The van der Waals surface area contributed by atoms with Crippen LogP contribution in [0.25, 0.3) is 0 Å². The van der Waals surface area contributed by atoms with Gasteiger partial charge in [-0.3, -0.25) is 9.69 Å². The van der Waals surface area contributed by atoms with Gasteiger partial charge in [0.25, 0.3) is 5.91 Å². The van der Waals surface area contributed by atoms with Crippen LogP contribution in [-0.4, -0.2) is 91.7 Å². The lowest BCUT2D eigenvalue weighted by Gasteiger charge is -2.42. The molecule has 0 aliphatic carbocycles. The van der Waals surface area contributed by atoms with Crippen LogP contribution in [0.5, 0.6) is 5.75 Å². The molecule has 4 N–H and O–H groups in total. The van der Waals surface area contributed by atoms with Gasteiger partial charge in [-0.15, -0.1) is 0 Å². The first-order valence-electron chi connectivity index (χ1n) is 14.0. The van der Waals surface area contributed by atoms with Crippen LogP contribution in [0.4, 0.5) is 23.0 Å². The van der Waals surface area contributed by atoms with Gasteiger partial charge in [0.15, 0.2) is 11.5 Å². The molecule has 2 fully saturated rings. The summed E-state index contributed by atoms with van der Waals surface area (Å²) in [5, 5.41) is 6.62. The minimum Gasteiger partial charge on any atom is -0.495 e. The molecule has 2 aliphatic heterocycles. The molecule has 2 saturated heterocycles. The molecule has 10 heteroatoms. The summed E-state index contributed by atoms with van der Waals surface area (Å²) in [4.78, 5) is 29.1. The molecular weight excluding hydrogens is 480 g/mol. The highest BCUT2D eigenvalue weighted by molar-refractivity contribution is 5.96. The number of likely N-dealkylation sites (N-methyl/N-ethyl adjacent to an activating group) is 1. The number of primary amides is 1.